The van der Waals surface area contributed by atoms with Crippen LogP contribution in [0.25, 0.3) is 0 Å². The van der Waals surface area contributed by atoms with E-state index in [4.69, 9.17) is 16.3 Å². The summed E-state index contributed by atoms with van der Waals surface area (Å²) in [7, 11) is -7.53. The van der Waals surface area contributed by atoms with Crippen LogP contribution < -0.4 is 4.74 Å². The van der Waals surface area contributed by atoms with Gasteiger partial charge in [0, 0.05) is 31.2 Å². The number of hydrogen-bond acceptors (Lipinski definition) is 6. The molecule has 0 spiro atoms. The molecule has 1 fully saturated rings. The van der Waals surface area contributed by atoms with Gasteiger partial charge in [-0.3, -0.25) is 4.79 Å². The number of rotatable bonds is 7. The lowest BCUT2D eigenvalue weighted by molar-refractivity contribution is -0.129. The molecular weight excluding hydrogens is 464 g/mol. The number of nitrogens with zero attached hydrogens (tertiary/aromatic N) is 2. The molecule has 0 N–H and O–H groups in total. The van der Waals surface area contributed by atoms with E-state index in [1.54, 1.807) is 12.1 Å². The van der Waals surface area contributed by atoms with Crippen molar-refractivity contribution in [3.05, 3.63) is 53.6 Å². The molecule has 0 aliphatic carbocycles. The van der Waals surface area contributed by atoms with Crippen LogP contribution in [0.5, 0.6) is 5.75 Å². The number of amides is 1. The van der Waals surface area contributed by atoms with E-state index in [0.717, 1.165) is 0 Å². The van der Waals surface area contributed by atoms with Crippen LogP contribution in [0.2, 0.25) is 5.02 Å². The van der Waals surface area contributed by atoms with Crippen molar-refractivity contribution in [3.8, 4) is 5.75 Å². The molecule has 0 bridgehead atoms. The number of ether oxygens (including phenoxy) is 1. The van der Waals surface area contributed by atoms with Crippen molar-refractivity contribution in [2.45, 2.75) is 16.7 Å². The molecule has 0 saturated carbocycles. The smallest absolute Gasteiger partial charge is 0.243 e. The number of halogens is 1. The van der Waals surface area contributed by atoms with Crippen LogP contribution in [-0.2, 0) is 24.7 Å². The maximum absolute atomic E-state index is 12.8. The molecule has 2 aromatic carbocycles. The highest BCUT2D eigenvalue weighted by Gasteiger charge is 2.31. The summed E-state index contributed by atoms with van der Waals surface area (Å²) in [5.41, 5.74) is 0. The highest BCUT2D eigenvalue weighted by molar-refractivity contribution is 7.92. The summed E-state index contributed by atoms with van der Waals surface area (Å²) >= 11 is 5.78. The highest BCUT2D eigenvalue weighted by atomic mass is 35.5. The van der Waals surface area contributed by atoms with E-state index in [-0.39, 0.29) is 36.0 Å². The van der Waals surface area contributed by atoms with Crippen LogP contribution in [0.3, 0.4) is 0 Å². The Bertz CT molecular complexity index is 1130. The fraction of sp³-hybridized carbons (Fsp3) is 0.350. The van der Waals surface area contributed by atoms with Gasteiger partial charge in [-0.2, -0.15) is 4.31 Å². The number of sulfonamides is 1. The SMILES string of the molecule is CCOc1ccc(S(=O)(=O)N2CCN(C(=O)CS(=O)(=O)c3ccc(Cl)cc3)CC2)cc1. The first-order valence-corrected chi connectivity index (χ1v) is 13.1. The van der Waals surface area contributed by atoms with Crippen molar-refractivity contribution in [3.63, 3.8) is 0 Å². The van der Waals surface area contributed by atoms with Gasteiger partial charge in [0.05, 0.1) is 16.4 Å². The summed E-state index contributed by atoms with van der Waals surface area (Å²) in [6.45, 7) is 2.73. The van der Waals surface area contributed by atoms with Gasteiger partial charge in [-0.05, 0) is 55.5 Å². The summed E-state index contributed by atoms with van der Waals surface area (Å²) in [4.78, 5) is 14.0. The third kappa shape index (κ3) is 5.57. The van der Waals surface area contributed by atoms with Gasteiger partial charge in [0.15, 0.2) is 9.84 Å². The largest absolute Gasteiger partial charge is 0.494 e. The molecule has 3 rings (SSSR count). The maximum Gasteiger partial charge on any atom is 0.243 e. The Kier molecular flexibility index (Phi) is 7.25. The minimum atomic E-state index is -3.81. The van der Waals surface area contributed by atoms with E-state index in [1.807, 2.05) is 6.92 Å². The first kappa shape index (κ1) is 23.5. The lowest BCUT2D eigenvalue weighted by atomic mass is 10.3. The lowest BCUT2D eigenvalue weighted by Crippen LogP contribution is -2.51. The summed E-state index contributed by atoms with van der Waals surface area (Å²) in [6, 6.07) is 11.8. The molecule has 31 heavy (non-hydrogen) atoms. The quantitative estimate of drug-likeness (QED) is 0.593. The molecule has 1 heterocycles. The zero-order chi connectivity index (χ0) is 22.6. The maximum atomic E-state index is 12.8. The van der Waals surface area contributed by atoms with E-state index in [9.17, 15) is 21.6 Å². The molecule has 0 radical (unpaired) electrons. The van der Waals surface area contributed by atoms with Crippen molar-refractivity contribution in [1.82, 2.24) is 9.21 Å². The van der Waals surface area contributed by atoms with Crippen molar-refractivity contribution in [2.75, 3.05) is 38.5 Å². The van der Waals surface area contributed by atoms with Crippen molar-refractivity contribution < 1.29 is 26.4 Å². The highest BCUT2D eigenvalue weighted by Crippen LogP contribution is 2.21. The molecule has 168 valence electrons. The molecule has 1 aliphatic rings. The second-order valence-electron chi connectivity index (χ2n) is 6.90. The molecule has 11 heteroatoms. The normalized spacial score (nSPS) is 15.6. The summed E-state index contributed by atoms with van der Waals surface area (Å²) in [5, 5.41) is 0.398. The molecule has 1 saturated heterocycles. The van der Waals surface area contributed by atoms with E-state index in [2.05, 4.69) is 0 Å². The standard InChI is InChI=1S/C20H23ClN2O6S2/c1-2-29-17-5-9-19(10-6-17)31(27,28)23-13-11-22(12-14-23)20(24)15-30(25,26)18-7-3-16(21)4-8-18/h3-10H,2,11-15H2,1H3. The first-order chi connectivity index (χ1) is 14.6. The topological polar surface area (TPSA) is 101 Å². The van der Waals surface area contributed by atoms with Crippen molar-refractivity contribution in [1.29, 1.82) is 0 Å². The lowest BCUT2D eigenvalue weighted by Gasteiger charge is -2.34. The van der Waals surface area contributed by atoms with Gasteiger partial charge in [0.1, 0.15) is 11.5 Å². The number of carbonyl (C=O) groups excluding carboxylic acids is 1. The van der Waals surface area contributed by atoms with Gasteiger partial charge in [-0.25, -0.2) is 16.8 Å². The van der Waals surface area contributed by atoms with Gasteiger partial charge >= 0.3 is 0 Å². The van der Waals surface area contributed by atoms with E-state index in [0.29, 0.717) is 17.4 Å². The Morgan fingerprint density at radius 2 is 1.45 bits per heavy atom. The average molecular weight is 487 g/mol. The van der Waals surface area contributed by atoms with Crippen LogP contribution in [-0.4, -0.2) is 70.5 Å². The minimum absolute atomic E-state index is 0.0157. The molecule has 1 aliphatic heterocycles. The predicted octanol–water partition coefficient (Wildman–Crippen LogP) is 2.05. The molecule has 2 aromatic rings. The van der Waals surface area contributed by atoms with Crippen LogP contribution in [0.1, 0.15) is 6.92 Å². The fourth-order valence-electron chi connectivity index (χ4n) is 3.18. The number of carbonyl (C=O) groups is 1. The van der Waals surface area contributed by atoms with E-state index < -0.39 is 31.5 Å². The van der Waals surface area contributed by atoms with Gasteiger partial charge in [0.2, 0.25) is 15.9 Å². The van der Waals surface area contributed by atoms with Gasteiger partial charge in [-0.1, -0.05) is 11.6 Å². The van der Waals surface area contributed by atoms with E-state index in [1.165, 1.54) is 45.6 Å². The van der Waals surface area contributed by atoms with Gasteiger partial charge in [0.25, 0.3) is 0 Å². The monoisotopic (exact) mass is 486 g/mol. The Morgan fingerprint density at radius 1 is 0.903 bits per heavy atom. The van der Waals surface area contributed by atoms with Crippen LogP contribution in [0.15, 0.2) is 58.3 Å². The molecule has 0 atom stereocenters. The fourth-order valence-corrected chi connectivity index (χ4v) is 5.95. The molecule has 0 aromatic heterocycles. The molecular formula is C20H23ClN2O6S2. The molecule has 8 nitrogen and oxygen atoms in total. The number of hydrogen-bond donors (Lipinski definition) is 0. The first-order valence-electron chi connectivity index (χ1n) is 9.62. The second-order valence-corrected chi connectivity index (χ2v) is 11.3. The van der Waals surface area contributed by atoms with Crippen molar-refractivity contribution in [2.24, 2.45) is 0 Å². The average Bonchev–Trinajstić information content (AvgIpc) is 2.74. The van der Waals surface area contributed by atoms with E-state index >= 15 is 0 Å². The van der Waals surface area contributed by atoms with Gasteiger partial charge in [-0.15, -0.1) is 0 Å². The summed E-state index contributed by atoms with van der Waals surface area (Å²) in [6.07, 6.45) is 0. The molecule has 1 amide bonds. The Labute approximate surface area is 187 Å². The van der Waals surface area contributed by atoms with Crippen LogP contribution >= 0.6 is 11.6 Å². The number of benzene rings is 2. The number of piperazine rings is 1. The summed E-state index contributed by atoms with van der Waals surface area (Å²) < 4.78 is 57.3. The van der Waals surface area contributed by atoms with Crippen LogP contribution in [0.4, 0.5) is 0 Å². The molecule has 0 unspecified atom stereocenters. The minimum Gasteiger partial charge on any atom is -0.494 e. The van der Waals surface area contributed by atoms with Crippen molar-refractivity contribution >= 4 is 37.4 Å². The Morgan fingerprint density at radius 3 is 2.00 bits per heavy atom. The Hall–Kier alpha value is -2.14. The zero-order valence-corrected chi connectivity index (χ0v) is 19.3. The number of sulfone groups is 1. The van der Waals surface area contributed by atoms with Crippen LogP contribution in [0, 0.1) is 0 Å². The zero-order valence-electron chi connectivity index (χ0n) is 16.9. The second kappa shape index (κ2) is 9.56. The third-order valence-corrected chi connectivity index (χ3v) is 8.63. The Balaban J connectivity index is 1.61. The van der Waals surface area contributed by atoms with Gasteiger partial charge < -0.3 is 9.64 Å². The summed E-state index contributed by atoms with van der Waals surface area (Å²) in [5.74, 6) is -0.660. The third-order valence-electron chi connectivity index (χ3n) is 4.85. The predicted molar refractivity (Wildman–Crippen MR) is 116 cm³/mol.